The first-order valence-electron chi connectivity index (χ1n) is 6.48. The highest BCUT2D eigenvalue weighted by Gasteiger charge is 2.41. The molecule has 1 rings (SSSR count). The van der Waals surface area contributed by atoms with E-state index in [-0.39, 0.29) is 5.02 Å². The molecule has 0 bridgehead atoms. The molecule has 11 heteroatoms. The molecule has 0 spiro atoms. The number of alkyl halides is 3. The Balaban J connectivity index is 3.00. The van der Waals surface area contributed by atoms with Crippen LogP contribution in [0.1, 0.15) is 10.4 Å². The molecular weight excluding hydrogens is 370 g/mol. The Morgan fingerprint density at radius 1 is 1.36 bits per heavy atom. The van der Waals surface area contributed by atoms with Crippen molar-refractivity contribution in [3.05, 3.63) is 46.0 Å². The fourth-order valence-corrected chi connectivity index (χ4v) is 1.92. The van der Waals surface area contributed by atoms with Crippen molar-refractivity contribution in [1.29, 1.82) is 5.41 Å². The van der Waals surface area contributed by atoms with E-state index < -0.39 is 53.0 Å². The first kappa shape index (κ1) is 20.4. The molecule has 1 aromatic rings. The van der Waals surface area contributed by atoms with Gasteiger partial charge < -0.3 is 15.8 Å². The minimum absolute atomic E-state index is 0.255. The highest BCUT2D eigenvalue weighted by atomic mass is 35.5. The Kier molecular flexibility index (Phi) is 6.51. The van der Waals surface area contributed by atoms with Gasteiger partial charge in [-0.15, -0.1) is 0 Å². The van der Waals surface area contributed by atoms with Gasteiger partial charge in [0.1, 0.15) is 17.2 Å². The summed E-state index contributed by atoms with van der Waals surface area (Å²) in [4.78, 5) is 23.7. The summed E-state index contributed by atoms with van der Waals surface area (Å²) in [5, 5.41) is 8.84. The second kappa shape index (κ2) is 7.97. The molecule has 0 unspecified atom stereocenters. The number of hydrogen-bond donors (Lipinski definition) is 3. The lowest BCUT2D eigenvalue weighted by Gasteiger charge is -2.14. The number of nitrogens with one attached hydrogen (secondary N) is 2. The number of ketones is 1. The number of ether oxygens (including phenoxy) is 1. The average molecular weight is 382 g/mol. The molecule has 136 valence electrons. The van der Waals surface area contributed by atoms with E-state index in [0.717, 1.165) is 13.1 Å². The number of halogens is 5. The number of rotatable bonds is 6. The second-order valence-electron chi connectivity index (χ2n) is 4.51. The van der Waals surface area contributed by atoms with E-state index >= 15 is 0 Å². The molecule has 0 fully saturated rings. The Morgan fingerprint density at radius 3 is 2.44 bits per heavy atom. The SMILES string of the molecule is CN/C(N)=C(\C(=N)C(F)(F)F)C(=O)OCC(=O)c1c(F)cccc1Cl. The van der Waals surface area contributed by atoms with E-state index in [0.29, 0.717) is 0 Å². The summed E-state index contributed by atoms with van der Waals surface area (Å²) in [5.41, 5.74) is 1.31. The van der Waals surface area contributed by atoms with Crippen LogP contribution in [0.4, 0.5) is 17.6 Å². The van der Waals surface area contributed by atoms with Gasteiger partial charge in [-0.3, -0.25) is 10.2 Å². The first-order chi connectivity index (χ1) is 11.5. The van der Waals surface area contributed by atoms with Crippen molar-refractivity contribution in [2.75, 3.05) is 13.7 Å². The number of hydrogen-bond acceptors (Lipinski definition) is 6. The maximum atomic E-state index is 13.6. The molecule has 0 radical (unpaired) electrons. The number of nitrogens with two attached hydrogens (primary N) is 1. The molecule has 0 heterocycles. The summed E-state index contributed by atoms with van der Waals surface area (Å²) in [6.45, 7) is -1.09. The van der Waals surface area contributed by atoms with Crippen LogP contribution in [0.3, 0.4) is 0 Å². The van der Waals surface area contributed by atoms with Crippen LogP contribution in [-0.2, 0) is 9.53 Å². The Bertz CT molecular complexity index is 727. The summed E-state index contributed by atoms with van der Waals surface area (Å²) in [6, 6.07) is 3.38. The van der Waals surface area contributed by atoms with Crippen LogP contribution in [0.25, 0.3) is 0 Å². The number of carbonyl (C=O) groups is 2. The minimum Gasteiger partial charge on any atom is -0.454 e. The van der Waals surface area contributed by atoms with Gasteiger partial charge in [-0.1, -0.05) is 17.7 Å². The van der Waals surface area contributed by atoms with Crippen molar-refractivity contribution in [2.45, 2.75) is 6.18 Å². The quantitative estimate of drug-likeness (QED) is 0.230. The summed E-state index contributed by atoms with van der Waals surface area (Å²) in [5.74, 6) is -4.50. The van der Waals surface area contributed by atoms with Crippen molar-refractivity contribution in [3.8, 4) is 0 Å². The molecule has 4 N–H and O–H groups in total. The lowest BCUT2D eigenvalue weighted by molar-refractivity contribution is -0.138. The van der Waals surface area contributed by atoms with Gasteiger partial charge in [-0.25, -0.2) is 9.18 Å². The molecule has 0 saturated carbocycles. The molecule has 0 aromatic heterocycles. The van der Waals surface area contributed by atoms with Crippen molar-refractivity contribution in [2.24, 2.45) is 5.73 Å². The van der Waals surface area contributed by atoms with E-state index in [1.165, 1.54) is 12.1 Å². The van der Waals surface area contributed by atoms with E-state index in [1.54, 1.807) is 0 Å². The van der Waals surface area contributed by atoms with Crippen LogP contribution in [0.5, 0.6) is 0 Å². The molecule has 0 aliphatic rings. The van der Waals surface area contributed by atoms with Crippen molar-refractivity contribution in [3.63, 3.8) is 0 Å². The molecule has 25 heavy (non-hydrogen) atoms. The smallest absolute Gasteiger partial charge is 0.433 e. The molecule has 6 nitrogen and oxygen atoms in total. The van der Waals surface area contributed by atoms with Gasteiger partial charge in [0.2, 0.25) is 5.78 Å². The van der Waals surface area contributed by atoms with Crippen LogP contribution in [-0.4, -0.2) is 37.3 Å². The van der Waals surface area contributed by atoms with Crippen LogP contribution in [0.15, 0.2) is 29.6 Å². The topological polar surface area (TPSA) is 105 Å². The van der Waals surface area contributed by atoms with E-state index in [2.05, 4.69) is 10.1 Å². The van der Waals surface area contributed by atoms with Crippen molar-refractivity contribution >= 4 is 29.1 Å². The largest absolute Gasteiger partial charge is 0.454 e. The lowest BCUT2D eigenvalue weighted by Crippen LogP contribution is -2.34. The van der Waals surface area contributed by atoms with Gasteiger partial charge in [0.05, 0.1) is 10.6 Å². The zero-order valence-electron chi connectivity index (χ0n) is 12.6. The van der Waals surface area contributed by atoms with Gasteiger partial charge in [0, 0.05) is 7.05 Å². The van der Waals surface area contributed by atoms with Gasteiger partial charge in [-0.2, -0.15) is 13.2 Å². The normalized spacial score (nSPS) is 12.2. The van der Waals surface area contributed by atoms with Crippen LogP contribution in [0.2, 0.25) is 5.02 Å². The number of esters is 1. The van der Waals surface area contributed by atoms with Gasteiger partial charge in [-0.05, 0) is 12.1 Å². The third-order valence-corrected chi connectivity index (χ3v) is 3.17. The van der Waals surface area contributed by atoms with Gasteiger partial charge >= 0.3 is 12.1 Å². The minimum atomic E-state index is -5.17. The molecule has 0 amide bonds. The molecule has 0 saturated heterocycles. The standard InChI is InChI=1S/C14H12ClF4N3O3/c1-22-12(21)10(11(20)14(17,18)19)13(24)25-5-8(23)9-6(15)3-2-4-7(9)16/h2-4,20,22H,5,21H2,1H3/b12-10+,20-11?. The molecule has 0 atom stereocenters. The van der Waals surface area contributed by atoms with Crippen LogP contribution in [0, 0.1) is 11.2 Å². The number of Topliss-reactive ketones (excluding diaryl/α,β-unsaturated/α-hetero) is 1. The summed E-state index contributed by atoms with van der Waals surface area (Å²) >= 11 is 5.66. The highest BCUT2D eigenvalue weighted by Crippen LogP contribution is 2.23. The fourth-order valence-electron chi connectivity index (χ4n) is 1.65. The Labute approximate surface area is 144 Å². The van der Waals surface area contributed by atoms with Gasteiger partial charge in [0.15, 0.2) is 12.3 Å². The van der Waals surface area contributed by atoms with E-state index in [4.69, 9.17) is 22.7 Å². The zero-order valence-corrected chi connectivity index (χ0v) is 13.4. The van der Waals surface area contributed by atoms with E-state index in [9.17, 15) is 27.2 Å². The molecule has 1 aromatic carbocycles. The Morgan fingerprint density at radius 2 is 1.96 bits per heavy atom. The van der Waals surface area contributed by atoms with Crippen molar-refractivity contribution < 1.29 is 31.9 Å². The summed E-state index contributed by atoms with van der Waals surface area (Å²) < 4.78 is 55.9. The number of carbonyl (C=O) groups excluding carboxylic acids is 2. The molecule has 0 aliphatic carbocycles. The van der Waals surface area contributed by atoms with Crippen LogP contribution >= 0.6 is 11.6 Å². The van der Waals surface area contributed by atoms with Crippen LogP contribution < -0.4 is 11.1 Å². The van der Waals surface area contributed by atoms with Crippen molar-refractivity contribution in [1.82, 2.24) is 5.32 Å². The summed E-state index contributed by atoms with van der Waals surface area (Å²) in [6.07, 6.45) is -5.17. The Hall–Kier alpha value is -2.62. The first-order valence-corrected chi connectivity index (χ1v) is 6.86. The van der Waals surface area contributed by atoms with E-state index in [1.807, 2.05) is 0 Å². The van der Waals surface area contributed by atoms with Gasteiger partial charge in [0.25, 0.3) is 0 Å². The maximum Gasteiger partial charge on any atom is 0.433 e. The third-order valence-electron chi connectivity index (χ3n) is 2.85. The maximum absolute atomic E-state index is 13.6. The zero-order chi connectivity index (χ0) is 19.4. The summed E-state index contributed by atoms with van der Waals surface area (Å²) in [7, 11) is 1.12. The lowest BCUT2D eigenvalue weighted by atomic mass is 10.1. The monoisotopic (exact) mass is 381 g/mol. The predicted octanol–water partition coefficient (Wildman–Crippen LogP) is 2.18. The average Bonchev–Trinajstić information content (AvgIpc) is 2.51. The second-order valence-corrected chi connectivity index (χ2v) is 4.91. The predicted molar refractivity (Wildman–Crippen MR) is 80.8 cm³/mol. The molecule has 0 aliphatic heterocycles. The fraction of sp³-hybridized carbons (Fsp3) is 0.214. The number of benzene rings is 1. The third kappa shape index (κ3) is 4.92. The molecular formula is C14H12ClF4N3O3. The highest BCUT2D eigenvalue weighted by molar-refractivity contribution is 6.34.